The maximum absolute atomic E-state index is 13.7. The summed E-state index contributed by atoms with van der Waals surface area (Å²) in [7, 11) is 1.39. The Morgan fingerprint density at radius 2 is 2.21 bits per heavy atom. The molecule has 0 aliphatic rings. The number of pyridine rings is 1. The Kier molecular flexibility index (Phi) is 4.12. The van der Waals surface area contributed by atoms with Crippen molar-refractivity contribution in [3.05, 3.63) is 58.6 Å². The Bertz CT molecular complexity index is 616. The summed E-state index contributed by atoms with van der Waals surface area (Å²) in [6.45, 7) is 0. The average Bonchev–Trinajstić information content (AvgIpc) is 2.40. The van der Waals surface area contributed by atoms with Crippen LogP contribution in [0.2, 0.25) is 5.02 Å². The zero-order chi connectivity index (χ0) is 13.8. The quantitative estimate of drug-likeness (QED) is 0.806. The lowest BCUT2D eigenvalue weighted by atomic mass is 10.0. The lowest BCUT2D eigenvalue weighted by molar-refractivity contribution is 0.0986. The number of aromatic nitrogens is 1. The molecule has 0 N–H and O–H groups in total. The number of carbonyl (C=O) groups is 1. The average molecular weight is 280 g/mol. The monoisotopic (exact) mass is 279 g/mol. The third-order valence-electron chi connectivity index (χ3n) is 2.68. The van der Waals surface area contributed by atoms with Crippen molar-refractivity contribution in [1.29, 1.82) is 0 Å². The Hall–Kier alpha value is -1.94. The van der Waals surface area contributed by atoms with Gasteiger partial charge in [0.05, 0.1) is 17.7 Å². The number of nitrogens with zero attached hydrogens (tertiary/aromatic N) is 1. The third-order valence-corrected chi connectivity index (χ3v) is 3.02. The highest BCUT2D eigenvalue weighted by atomic mass is 35.5. The highest BCUT2D eigenvalue weighted by Crippen LogP contribution is 2.24. The minimum absolute atomic E-state index is 0.00134. The van der Waals surface area contributed by atoms with Gasteiger partial charge in [0.2, 0.25) is 0 Å². The largest absolute Gasteiger partial charge is 0.496 e. The molecule has 1 aromatic heterocycles. The molecule has 0 atom stereocenters. The molecular weight excluding hydrogens is 269 g/mol. The van der Waals surface area contributed by atoms with Crippen LogP contribution in [0.1, 0.15) is 15.9 Å². The van der Waals surface area contributed by atoms with Crippen molar-refractivity contribution in [2.45, 2.75) is 6.42 Å². The molecule has 98 valence electrons. The van der Waals surface area contributed by atoms with Crippen LogP contribution in [-0.4, -0.2) is 17.9 Å². The van der Waals surface area contributed by atoms with Crippen LogP contribution in [-0.2, 0) is 6.42 Å². The van der Waals surface area contributed by atoms with Gasteiger partial charge in [-0.05, 0) is 23.8 Å². The van der Waals surface area contributed by atoms with Crippen molar-refractivity contribution in [3.8, 4) is 5.75 Å². The third kappa shape index (κ3) is 2.90. The van der Waals surface area contributed by atoms with Crippen molar-refractivity contribution in [1.82, 2.24) is 4.98 Å². The fraction of sp³-hybridized carbons (Fsp3) is 0.143. The molecule has 0 spiro atoms. The number of carbonyl (C=O) groups excluding carboxylic acids is 1. The van der Waals surface area contributed by atoms with E-state index < -0.39 is 5.82 Å². The topological polar surface area (TPSA) is 39.2 Å². The summed E-state index contributed by atoms with van der Waals surface area (Å²) in [4.78, 5) is 16.0. The second kappa shape index (κ2) is 5.80. The van der Waals surface area contributed by atoms with Crippen LogP contribution in [0.25, 0.3) is 0 Å². The van der Waals surface area contributed by atoms with Gasteiger partial charge < -0.3 is 4.74 Å². The Morgan fingerprint density at radius 3 is 2.89 bits per heavy atom. The van der Waals surface area contributed by atoms with E-state index in [0.717, 1.165) is 0 Å². The maximum atomic E-state index is 13.7. The minimum Gasteiger partial charge on any atom is -0.496 e. The van der Waals surface area contributed by atoms with E-state index in [2.05, 4.69) is 4.98 Å². The molecule has 0 fully saturated rings. The van der Waals surface area contributed by atoms with Crippen LogP contribution in [0.15, 0.2) is 36.7 Å². The zero-order valence-corrected chi connectivity index (χ0v) is 10.9. The number of halogens is 2. The van der Waals surface area contributed by atoms with E-state index in [1.807, 2.05) is 0 Å². The molecule has 0 aliphatic carbocycles. The van der Waals surface area contributed by atoms with Crippen molar-refractivity contribution < 1.29 is 13.9 Å². The number of rotatable bonds is 4. The molecule has 0 amide bonds. The van der Waals surface area contributed by atoms with Gasteiger partial charge >= 0.3 is 0 Å². The van der Waals surface area contributed by atoms with Crippen molar-refractivity contribution in [3.63, 3.8) is 0 Å². The Labute approximate surface area is 115 Å². The number of hydrogen-bond donors (Lipinski definition) is 0. The first-order chi connectivity index (χ1) is 9.13. The summed E-state index contributed by atoms with van der Waals surface area (Å²) in [5.74, 6) is -0.771. The van der Waals surface area contributed by atoms with E-state index in [1.165, 1.54) is 31.6 Å². The SMILES string of the molecule is COc1cccc(F)c1C(=O)Cc1ccncc1Cl. The number of hydrogen-bond acceptors (Lipinski definition) is 3. The maximum Gasteiger partial charge on any atom is 0.173 e. The van der Waals surface area contributed by atoms with Gasteiger partial charge in [0, 0.05) is 18.8 Å². The highest BCUT2D eigenvalue weighted by Gasteiger charge is 2.18. The van der Waals surface area contributed by atoms with Crippen LogP contribution >= 0.6 is 11.6 Å². The summed E-state index contributed by atoms with van der Waals surface area (Å²) < 4.78 is 18.8. The summed E-state index contributed by atoms with van der Waals surface area (Å²) in [6, 6.07) is 5.90. The van der Waals surface area contributed by atoms with Gasteiger partial charge in [-0.25, -0.2) is 4.39 Å². The van der Waals surface area contributed by atoms with E-state index >= 15 is 0 Å². The predicted octanol–water partition coefficient (Wildman–Crippen LogP) is 3.31. The minimum atomic E-state index is -0.602. The van der Waals surface area contributed by atoms with Crippen molar-refractivity contribution >= 4 is 17.4 Å². The molecule has 0 saturated carbocycles. The van der Waals surface area contributed by atoms with Gasteiger partial charge in [-0.3, -0.25) is 9.78 Å². The molecule has 2 rings (SSSR count). The number of ketones is 1. The molecule has 0 aliphatic heterocycles. The predicted molar refractivity (Wildman–Crippen MR) is 70.2 cm³/mol. The first kappa shape index (κ1) is 13.5. The normalized spacial score (nSPS) is 10.3. The van der Waals surface area contributed by atoms with Crippen molar-refractivity contribution in [2.24, 2.45) is 0 Å². The zero-order valence-electron chi connectivity index (χ0n) is 10.2. The highest BCUT2D eigenvalue weighted by molar-refractivity contribution is 6.31. The van der Waals surface area contributed by atoms with Crippen molar-refractivity contribution in [2.75, 3.05) is 7.11 Å². The lowest BCUT2D eigenvalue weighted by Crippen LogP contribution is -2.09. The molecule has 1 heterocycles. The van der Waals surface area contributed by atoms with Gasteiger partial charge in [0.15, 0.2) is 5.78 Å². The summed E-state index contributed by atoms with van der Waals surface area (Å²) >= 11 is 5.93. The molecule has 3 nitrogen and oxygen atoms in total. The first-order valence-electron chi connectivity index (χ1n) is 5.57. The molecule has 19 heavy (non-hydrogen) atoms. The molecule has 0 unspecified atom stereocenters. The molecule has 5 heteroatoms. The second-order valence-electron chi connectivity index (χ2n) is 3.88. The molecule has 0 saturated heterocycles. The Morgan fingerprint density at radius 1 is 1.42 bits per heavy atom. The first-order valence-corrected chi connectivity index (χ1v) is 5.95. The molecular formula is C14H11ClFNO2. The van der Waals surface area contributed by atoms with E-state index in [9.17, 15) is 9.18 Å². The molecule has 1 aromatic carbocycles. The molecule has 0 radical (unpaired) electrons. The van der Waals surface area contributed by atoms with Gasteiger partial charge in [0.1, 0.15) is 11.6 Å². The molecule has 0 bridgehead atoms. The van der Waals surface area contributed by atoms with Gasteiger partial charge in [-0.2, -0.15) is 0 Å². The van der Waals surface area contributed by atoms with Crippen LogP contribution in [0.3, 0.4) is 0 Å². The Balaban J connectivity index is 2.33. The van der Waals surface area contributed by atoms with E-state index in [1.54, 1.807) is 12.1 Å². The van der Waals surface area contributed by atoms with E-state index in [4.69, 9.17) is 16.3 Å². The lowest BCUT2D eigenvalue weighted by Gasteiger charge is -2.09. The number of methoxy groups -OCH3 is 1. The summed E-state index contributed by atoms with van der Waals surface area (Å²) in [6.07, 6.45) is 2.98. The summed E-state index contributed by atoms with van der Waals surface area (Å²) in [5.41, 5.74) is 0.546. The van der Waals surface area contributed by atoms with Gasteiger partial charge in [-0.15, -0.1) is 0 Å². The molecule has 2 aromatic rings. The second-order valence-corrected chi connectivity index (χ2v) is 4.29. The van der Waals surface area contributed by atoms with Crippen LogP contribution in [0.4, 0.5) is 4.39 Å². The fourth-order valence-electron chi connectivity index (χ4n) is 1.75. The van der Waals surface area contributed by atoms with Gasteiger partial charge in [0.25, 0.3) is 0 Å². The van der Waals surface area contributed by atoms with Crippen LogP contribution < -0.4 is 4.74 Å². The smallest absolute Gasteiger partial charge is 0.173 e. The van der Waals surface area contributed by atoms with Crippen LogP contribution in [0, 0.1) is 5.82 Å². The summed E-state index contributed by atoms with van der Waals surface area (Å²) in [5, 5.41) is 0.381. The van der Waals surface area contributed by atoms with Gasteiger partial charge in [-0.1, -0.05) is 17.7 Å². The fourth-order valence-corrected chi connectivity index (χ4v) is 1.94. The van der Waals surface area contributed by atoms with E-state index in [0.29, 0.717) is 10.6 Å². The number of benzene rings is 1. The number of ether oxygens (including phenoxy) is 1. The van der Waals surface area contributed by atoms with Crippen LogP contribution in [0.5, 0.6) is 5.75 Å². The standard InChI is InChI=1S/C14H11ClFNO2/c1-19-13-4-2-3-11(16)14(13)12(18)7-9-5-6-17-8-10(9)15/h2-6,8H,7H2,1H3. The van der Waals surface area contributed by atoms with E-state index in [-0.39, 0.29) is 23.5 Å². The number of Topliss-reactive ketones (excluding diaryl/α,β-unsaturated/α-hetero) is 1.